The van der Waals surface area contributed by atoms with Crippen molar-refractivity contribution in [3.8, 4) is 0 Å². The third kappa shape index (κ3) is 1.98. The van der Waals surface area contributed by atoms with Crippen molar-refractivity contribution in [1.82, 2.24) is 0 Å². The summed E-state index contributed by atoms with van der Waals surface area (Å²) in [4.78, 5) is 12.2. The number of allylic oxidation sites excluding steroid dienone is 3. The SMILES string of the molecule is C=C(C)C1CC(=O)C(C)=C(C2Cc3ccccc32)C1. The Hall–Kier alpha value is -1.63. The second-order valence-corrected chi connectivity index (χ2v) is 5.98. The first kappa shape index (κ1) is 12.4. The average Bonchev–Trinajstić information content (AvgIpc) is 2.35. The molecule has 2 aliphatic carbocycles. The van der Waals surface area contributed by atoms with Gasteiger partial charge in [-0.1, -0.05) is 42.0 Å². The number of Topliss-reactive ketones (excluding diaryl/α,β-unsaturated/α-hetero) is 1. The van der Waals surface area contributed by atoms with E-state index in [0.29, 0.717) is 24.0 Å². The van der Waals surface area contributed by atoms with Crippen LogP contribution in [0.3, 0.4) is 0 Å². The molecule has 0 bridgehead atoms. The first-order valence-corrected chi connectivity index (χ1v) is 7.04. The molecule has 1 nitrogen and oxygen atoms in total. The lowest BCUT2D eigenvalue weighted by molar-refractivity contribution is -0.116. The molecule has 0 saturated heterocycles. The second kappa shape index (κ2) is 4.48. The molecule has 2 aliphatic rings. The van der Waals surface area contributed by atoms with Crippen molar-refractivity contribution in [3.63, 3.8) is 0 Å². The molecule has 0 aromatic heterocycles. The van der Waals surface area contributed by atoms with E-state index in [0.717, 1.165) is 24.0 Å². The van der Waals surface area contributed by atoms with Crippen LogP contribution in [0, 0.1) is 5.92 Å². The van der Waals surface area contributed by atoms with Crippen LogP contribution < -0.4 is 0 Å². The van der Waals surface area contributed by atoms with Gasteiger partial charge in [-0.3, -0.25) is 4.79 Å². The Kier molecular flexibility index (Phi) is 2.93. The summed E-state index contributed by atoms with van der Waals surface area (Å²) in [6, 6.07) is 8.60. The predicted octanol–water partition coefficient (Wildman–Crippen LogP) is 4.20. The number of fused-ring (bicyclic) bond motifs is 1. The van der Waals surface area contributed by atoms with Crippen LogP contribution in [0.25, 0.3) is 0 Å². The van der Waals surface area contributed by atoms with E-state index in [-0.39, 0.29) is 0 Å². The number of carbonyl (C=O) groups is 1. The smallest absolute Gasteiger partial charge is 0.159 e. The largest absolute Gasteiger partial charge is 0.295 e. The van der Waals surface area contributed by atoms with E-state index in [1.54, 1.807) is 0 Å². The van der Waals surface area contributed by atoms with Gasteiger partial charge in [0.1, 0.15) is 0 Å². The zero-order valence-corrected chi connectivity index (χ0v) is 11.7. The molecule has 2 atom stereocenters. The quantitative estimate of drug-likeness (QED) is 0.721. The van der Waals surface area contributed by atoms with E-state index in [9.17, 15) is 4.79 Å². The third-order valence-electron chi connectivity index (χ3n) is 4.77. The Balaban J connectivity index is 1.94. The van der Waals surface area contributed by atoms with E-state index in [2.05, 4.69) is 30.8 Å². The number of hydrogen-bond donors (Lipinski definition) is 0. The summed E-state index contributed by atoms with van der Waals surface area (Å²) >= 11 is 0. The highest BCUT2D eigenvalue weighted by molar-refractivity contribution is 5.97. The molecule has 1 aromatic carbocycles. The highest BCUT2D eigenvalue weighted by Gasteiger charge is 2.35. The molecule has 0 heterocycles. The van der Waals surface area contributed by atoms with Gasteiger partial charge in [-0.05, 0) is 49.3 Å². The highest BCUT2D eigenvalue weighted by Crippen LogP contribution is 2.46. The fraction of sp³-hybridized carbons (Fsp3) is 0.389. The van der Waals surface area contributed by atoms with E-state index >= 15 is 0 Å². The maximum Gasteiger partial charge on any atom is 0.159 e. The molecular formula is C18H20O. The van der Waals surface area contributed by atoms with E-state index in [4.69, 9.17) is 0 Å². The van der Waals surface area contributed by atoms with E-state index in [1.807, 2.05) is 13.8 Å². The van der Waals surface area contributed by atoms with Gasteiger partial charge in [-0.2, -0.15) is 0 Å². The number of hydrogen-bond acceptors (Lipinski definition) is 1. The van der Waals surface area contributed by atoms with Crippen molar-refractivity contribution in [3.05, 3.63) is 58.7 Å². The van der Waals surface area contributed by atoms with Crippen LogP contribution in [0.2, 0.25) is 0 Å². The molecule has 1 aromatic rings. The van der Waals surface area contributed by atoms with Gasteiger partial charge in [0.25, 0.3) is 0 Å². The van der Waals surface area contributed by atoms with Crippen LogP contribution >= 0.6 is 0 Å². The number of carbonyl (C=O) groups excluding carboxylic acids is 1. The lowest BCUT2D eigenvalue weighted by Crippen LogP contribution is -2.27. The summed E-state index contributed by atoms with van der Waals surface area (Å²) in [6.07, 6.45) is 2.77. The third-order valence-corrected chi connectivity index (χ3v) is 4.77. The molecule has 0 N–H and O–H groups in total. The van der Waals surface area contributed by atoms with Gasteiger partial charge in [0, 0.05) is 12.3 Å². The lowest BCUT2D eigenvalue weighted by atomic mass is 9.67. The van der Waals surface area contributed by atoms with Crippen molar-refractivity contribution >= 4 is 5.78 Å². The first-order valence-electron chi connectivity index (χ1n) is 7.04. The minimum Gasteiger partial charge on any atom is -0.295 e. The minimum atomic E-state index is 0.318. The van der Waals surface area contributed by atoms with Gasteiger partial charge in [-0.25, -0.2) is 0 Å². The van der Waals surface area contributed by atoms with Crippen LogP contribution in [-0.2, 0) is 11.2 Å². The summed E-state index contributed by atoms with van der Waals surface area (Å²) in [6.45, 7) is 8.10. The van der Waals surface area contributed by atoms with Crippen LogP contribution in [0.4, 0.5) is 0 Å². The van der Waals surface area contributed by atoms with Crippen molar-refractivity contribution in [2.45, 2.75) is 39.0 Å². The van der Waals surface area contributed by atoms with Gasteiger partial charge in [0.2, 0.25) is 0 Å². The molecule has 0 amide bonds. The van der Waals surface area contributed by atoms with Crippen molar-refractivity contribution in [2.24, 2.45) is 5.92 Å². The second-order valence-electron chi connectivity index (χ2n) is 5.98. The van der Waals surface area contributed by atoms with Gasteiger partial charge in [0.05, 0.1) is 0 Å². The summed E-state index contributed by atoms with van der Waals surface area (Å²) in [5.74, 6) is 1.14. The monoisotopic (exact) mass is 252 g/mol. The molecule has 2 unspecified atom stereocenters. The lowest BCUT2D eigenvalue weighted by Gasteiger charge is -2.37. The van der Waals surface area contributed by atoms with E-state index < -0.39 is 0 Å². The molecule has 0 aliphatic heterocycles. The normalized spacial score (nSPS) is 25.9. The fourth-order valence-electron chi connectivity index (χ4n) is 3.37. The molecule has 0 radical (unpaired) electrons. The Morgan fingerprint density at radius 2 is 1.95 bits per heavy atom. The van der Waals surface area contributed by atoms with Crippen LogP contribution in [0.1, 0.15) is 43.7 Å². The summed E-state index contributed by atoms with van der Waals surface area (Å²) in [5, 5.41) is 0. The molecule has 0 fully saturated rings. The predicted molar refractivity (Wildman–Crippen MR) is 78.1 cm³/mol. The number of rotatable bonds is 2. The topological polar surface area (TPSA) is 17.1 Å². The maximum atomic E-state index is 12.2. The van der Waals surface area contributed by atoms with Crippen molar-refractivity contribution in [1.29, 1.82) is 0 Å². The molecule has 19 heavy (non-hydrogen) atoms. The summed E-state index contributed by atoms with van der Waals surface area (Å²) < 4.78 is 0. The van der Waals surface area contributed by atoms with Crippen LogP contribution in [0.5, 0.6) is 0 Å². The number of benzene rings is 1. The standard InChI is InChI=1S/C18H20O/c1-11(2)14-9-16(12(3)18(19)10-14)17-8-13-6-4-5-7-15(13)17/h4-7,14,17H,1,8-10H2,2-3H3. The Morgan fingerprint density at radius 3 is 2.63 bits per heavy atom. The van der Waals surface area contributed by atoms with Crippen molar-refractivity contribution in [2.75, 3.05) is 0 Å². The molecule has 3 rings (SSSR count). The molecule has 0 saturated carbocycles. The zero-order valence-electron chi connectivity index (χ0n) is 11.7. The summed E-state index contributed by atoms with van der Waals surface area (Å²) in [5.41, 5.74) is 6.38. The average molecular weight is 252 g/mol. The van der Waals surface area contributed by atoms with Gasteiger partial charge >= 0.3 is 0 Å². The number of ketones is 1. The molecule has 98 valence electrons. The highest BCUT2D eigenvalue weighted by atomic mass is 16.1. The van der Waals surface area contributed by atoms with E-state index in [1.165, 1.54) is 16.7 Å². The Bertz CT molecular complexity index is 591. The summed E-state index contributed by atoms with van der Waals surface area (Å²) in [7, 11) is 0. The zero-order chi connectivity index (χ0) is 13.6. The van der Waals surface area contributed by atoms with Gasteiger partial charge in [0.15, 0.2) is 5.78 Å². The molecular weight excluding hydrogens is 232 g/mol. The van der Waals surface area contributed by atoms with Crippen LogP contribution in [-0.4, -0.2) is 5.78 Å². The van der Waals surface area contributed by atoms with Crippen molar-refractivity contribution < 1.29 is 4.79 Å². The maximum absolute atomic E-state index is 12.2. The first-order chi connectivity index (χ1) is 9.08. The minimum absolute atomic E-state index is 0.318. The van der Waals surface area contributed by atoms with Gasteiger partial charge in [-0.15, -0.1) is 0 Å². The Morgan fingerprint density at radius 1 is 1.21 bits per heavy atom. The Labute approximate surface area is 115 Å². The van der Waals surface area contributed by atoms with Gasteiger partial charge < -0.3 is 0 Å². The molecule has 0 spiro atoms. The molecule has 1 heteroatoms. The van der Waals surface area contributed by atoms with Crippen LogP contribution in [0.15, 0.2) is 47.6 Å². The fourth-order valence-corrected chi connectivity index (χ4v) is 3.37.